The molecule has 28 heavy (non-hydrogen) atoms. The number of nitrogens with one attached hydrogen (secondary N) is 1. The second kappa shape index (κ2) is 7.62. The average molecular weight is 381 g/mol. The predicted octanol–water partition coefficient (Wildman–Crippen LogP) is 2.93. The molecule has 0 radical (unpaired) electrons. The van der Waals surface area contributed by atoms with Crippen molar-refractivity contribution in [1.82, 2.24) is 5.43 Å². The predicted molar refractivity (Wildman–Crippen MR) is 102 cm³/mol. The lowest BCUT2D eigenvalue weighted by Gasteiger charge is -2.06. The number of fused-ring (bicyclic) bond motifs is 1. The summed E-state index contributed by atoms with van der Waals surface area (Å²) in [5.74, 6) is -1.56. The Bertz CT molecular complexity index is 1110. The first-order valence-electron chi connectivity index (χ1n) is 8.01. The van der Waals surface area contributed by atoms with Crippen molar-refractivity contribution in [2.75, 3.05) is 7.11 Å². The molecule has 0 atom stereocenters. The van der Waals surface area contributed by atoms with Gasteiger partial charge in [0.1, 0.15) is 5.75 Å². The number of carbonyl (C=O) groups is 1. The minimum atomic E-state index is -0.763. The molecule has 0 unspecified atom stereocenters. The van der Waals surface area contributed by atoms with E-state index in [9.17, 15) is 25.1 Å². The molecule has 0 aliphatic rings. The maximum atomic E-state index is 12.3. The van der Waals surface area contributed by atoms with Gasteiger partial charge in [0.2, 0.25) is 5.75 Å². The molecule has 0 aromatic heterocycles. The van der Waals surface area contributed by atoms with Crippen molar-refractivity contribution in [2.24, 2.45) is 5.10 Å². The molecular weight excluding hydrogens is 366 g/mol. The van der Waals surface area contributed by atoms with E-state index < -0.39 is 22.3 Å². The second-order valence-corrected chi connectivity index (χ2v) is 5.76. The Kier molecular flexibility index (Phi) is 5.07. The summed E-state index contributed by atoms with van der Waals surface area (Å²) in [7, 11) is 1.25. The van der Waals surface area contributed by atoms with Gasteiger partial charge in [0, 0.05) is 11.6 Å². The fourth-order valence-corrected chi connectivity index (χ4v) is 2.62. The Morgan fingerprint density at radius 2 is 1.86 bits per heavy atom. The van der Waals surface area contributed by atoms with Crippen LogP contribution in [0.1, 0.15) is 15.9 Å². The number of phenolic OH excluding ortho intramolecular Hbond substituents is 2. The lowest BCUT2D eigenvalue weighted by Crippen LogP contribution is -2.17. The number of hydrogen-bond donors (Lipinski definition) is 3. The third-order valence-electron chi connectivity index (χ3n) is 3.98. The van der Waals surface area contributed by atoms with Crippen LogP contribution >= 0.6 is 0 Å². The number of hydrogen-bond acceptors (Lipinski definition) is 7. The quantitative estimate of drug-likeness (QED) is 0.353. The number of nitrogens with zero attached hydrogens (tertiary/aromatic N) is 2. The van der Waals surface area contributed by atoms with Gasteiger partial charge in [-0.1, -0.05) is 24.3 Å². The van der Waals surface area contributed by atoms with Crippen LogP contribution in [0.15, 0.2) is 53.6 Å². The molecule has 3 aromatic rings. The molecule has 0 spiro atoms. The van der Waals surface area contributed by atoms with Crippen molar-refractivity contribution in [2.45, 2.75) is 0 Å². The maximum Gasteiger partial charge on any atom is 0.315 e. The third kappa shape index (κ3) is 3.68. The number of nitro benzene ring substituents is 1. The molecule has 0 aliphatic heterocycles. The Morgan fingerprint density at radius 1 is 1.18 bits per heavy atom. The number of phenols is 2. The number of ether oxygens (including phenoxy) is 1. The molecule has 142 valence electrons. The number of rotatable bonds is 5. The topological polar surface area (TPSA) is 134 Å². The Hall–Kier alpha value is -4.14. The van der Waals surface area contributed by atoms with Gasteiger partial charge in [-0.25, -0.2) is 5.43 Å². The summed E-state index contributed by atoms with van der Waals surface area (Å²) in [6.45, 7) is 0. The van der Waals surface area contributed by atoms with Gasteiger partial charge in [-0.05, 0) is 29.0 Å². The molecule has 0 bridgehead atoms. The smallest absolute Gasteiger partial charge is 0.315 e. The standard InChI is InChI=1S/C19H15N3O6/c1-28-17-7-11(6-15(18(17)24)22(26)27)10-20-21-19(25)14-8-12-4-2-3-5-13(12)9-16(14)23/h2-10,23-24H,1H3,(H,21,25)/b20-10+. The number of methoxy groups -OCH3 is 1. The van der Waals surface area contributed by atoms with Crippen molar-refractivity contribution < 1.29 is 24.7 Å². The summed E-state index contributed by atoms with van der Waals surface area (Å²) < 4.78 is 4.89. The fraction of sp³-hybridized carbons (Fsp3) is 0.0526. The minimum Gasteiger partial charge on any atom is -0.507 e. The number of aromatic hydroxyl groups is 2. The first kappa shape index (κ1) is 18.6. The first-order valence-corrected chi connectivity index (χ1v) is 8.01. The lowest BCUT2D eigenvalue weighted by atomic mass is 10.1. The Balaban J connectivity index is 1.83. The summed E-state index contributed by atoms with van der Waals surface area (Å²) in [4.78, 5) is 22.5. The molecule has 3 N–H and O–H groups in total. The highest BCUT2D eigenvalue weighted by Crippen LogP contribution is 2.36. The summed E-state index contributed by atoms with van der Waals surface area (Å²) >= 11 is 0. The Morgan fingerprint density at radius 3 is 2.50 bits per heavy atom. The molecule has 3 rings (SSSR count). The molecule has 0 saturated carbocycles. The Labute approximate surface area is 158 Å². The third-order valence-corrected chi connectivity index (χ3v) is 3.98. The van der Waals surface area contributed by atoms with Crippen LogP contribution in [0, 0.1) is 10.1 Å². The van der Waals surface area contributed by atoms with Gasteiger partial charge in [0.15, 0.2) is 5.75 Å². The van der Waals surface area contributed by atoms with E-state index in [1.54, 1.807) is 12.1 Å². The van der Waals surface area contributed by atoms with Crippen molar-refractivity contribution in [1.29, 1.82) is 0 Å². The van der Waals surface area contributed by atoms with Crippen LogP contribution in [0.3, 0.4) is 0 Å². The summed E-state index contributed by atoms with van der Waals surface area (Å²) in [5.41, 5.74) is 1.95. The molecule has 0 saturated heterocycles. The van der Waals surface area contributed by atoms with Crippen LogP contribution in [0.4, 0.5) is 5.69 Å². The molecule has 0 fully saturated rings. The highest BCUT2D eigenvalue weighted by Gasteiger charge is 2.19. The van der Waals surface area contributed by atoms with Crippen LogP contribution in [-0.2, 0) is 0 Å². The van der Waals surface area contributed by atoms with E-state index in [4.69, 9.17) is 4.74 Å². The molecule has 9 nitrogen and oxygen atoms in total. The van der Waals surface area contributed by atoms with Crippen molar-refractivity contribution in [3.05, 3.63) is 69.8 Å². The molecule has 0 heterocycles. The fourth-order valence-electron chi connectivity index (χ4n) is 2.62. The molecular formula is C19H15N3O6. The van der Waals surface area contributed by atoms with Gasteiger partial charge >= 0.3 is 5.69 Å². The monoisotopic (exact) mass is 381 g/mol. The van der Waals surface area contributed by atoms with E-state index >= 15 is 0 Å². The van der Waals surface area contributed by atoms with E-state index in [1.807, 2.05) is 12.1 Å². The van der Waals surface area contributed by atoms with Crippen LogP contribution < -0.4 is 10.2 Å². The van der Waals surface area contributed by atoms with Crippen LogP contribution in [-0.4, -0.2) is 34.4 Å². The number of amides is 1. The van der Waals surface area contributed by atoms with Gasteiger partial charge in [-0.15, -0.1) is 0 Å². The molecule has 0 aliphatic carbocycles. The van der Waals surface area contributed by atoms with E-state index in [-0.39, 0.29) is 22.6 Å². The van der Waals surface area contributed by atoms with Crippen molar-refractivity contribution >= 4 is 28.6 Å². The molecule has 9 heteroatoms. The largest absolute Gasteiger partial charge is 0.507 e. The van der Waals surface area contributed by atoms with E-state index in [0.717, 1.165) is 23.1 Å². The van der Waals surface area contributed by atoms with Crippen molar-refractivity contribution in [3.8, 4) is 17.2 Å². The van der Waals surface area contributed by atoms with Crippen LogP contribution in [0.25, 0.3) is 10.8 Å². The van der Waals surface area contributed by atoms with Gasteiger partial charge in [-0.2, -0.15) is 5.10 Å². The summed E-state index contributed by atoms with van der Waals surface area (Å²) in [6.07, 6.45) is 1.16. The minimum absolute atomic E-state index is 0.0325. The van der Waals surface area contributed by atoms with Gasteiger partial charge in [-0.3, -0.25) is 14.9 Å². The number of benzene rings is 3. The van der Waals surface area contributed by atoms with Gasteiger partial charge in [0.25, 0.3) is 5.91 Å². The zero-order valence-corrected chi connectivity index (χ0v) is 14.6. The first-order chi connectivity index (χ1) is 13.4. The SMILES string of the molecule is COc1cc(/C=N/NC(=O)c2cc3ccccc3cc2O)cc([N+](=O)[O-])c1O. The lowest BCUT2D eigenvalue weighted by molar-refractivity contribution is -0.386. The van der Waals surface area contributed by atoms with Crippen LogP contribution in [0.2, 0.25) is 0 Å². The number of hydrazone groups is 1. The highest BCUT2D eigenvalue weighted by atomic mass is 16.6. The number of nitro groups is 1. The average Bonchev–Trinajstić information content (AvgIpc) is 2.68. The normalized spacial score (nSPS) is 10.9. The molecule has 3 aromatic carbocycles. The molecule has 1 amide bonds. The van der Waals surface area contributed by atoms with E-state index in [1.165, 1.54) is 25.3 Å². The van der Waals surface area contributed by atoms with E-state index in [2.05, 4.69) is 10.5 Å². The number of carbonyl (C=O) groups excluding carboxylic acids is 1. The van der Waals surface area contributed by atoms with Crippen LogP contribution in [0.5, 0.6) is 17.2 Å². The zero-order valence-electron chi connectivity index (χ0n) is 14.6. The van der Waals surface area contributed by atoms with E-state index in [0.29, 0.717) is 0 Å². The van der Waals surface area contributed by atoms with Gasteiger partial charge < -0.3 is 14.9 Å². The zero-order chi connectivity index (χ0) is 20.3. The summed E-state index contributed by atoms with van der Waals surface area (Å²) in [5, 5.41) is 36.1. The maximum absolute atomic E-state index is 12.3. The summed E-state index contributed by atoms with van der Waals surface area (Å²) in [6, 6.07) is 12.6. The van der Waals surface area contributed by atoms with Crippen molar-refractivity contribution in [3.63, 3.8) is 0 Å². The highest BCUT2D eigenvalue weighted by molar-refractivity contribution is 6.01. The second-order valence-electron chi connectivity index (χ2n) is 5.76. The van der Waals surface area contributed by atoms with Gasteiger partial charge in [0.05, 0.1) is 23.8 Å².